The molecular formula is C15H15NO4. The molecule has 2 rings (SSSR count). The van der Waals surface area contributed by atoms with Crippen LogP contribution in [0.2, 0.25) is 0 Å². The number of ether oxygens (including phenoxy) is 2. The molecule has 1 heterocycles. The molecule has 5 heteroatoms. The van der Waals surface area contributed by atoms with Crippen LogP contribution >= 0.6 is 0 Å². The van der Waals surface area contributed by atoms with Gasteiger partial charge in [0.25, 0.3) is 0 Å². The summed E-state index contributed by atoms with van der Waals surface area (Å²) in [5.41, 5.74) is 1.82. The van der Waals surface area contributed by atoms with E-state index in [4.69, 9.17) is 14.6 Å². The zero-order valence-corrected chi connectivity index (χ0v) is 11.3. The summed E-state index contributed by atoms with van der Waals surface area (Å²) in [5, 5.41) is 8.99. The summed E-state index contributed by atoms with van der Waals surface area (Å²) in [6, 6.07) is 10.1. The van der Waals surface area contributed by atoms with E-state index in [1.165, 1.54) is 19.2 Å². The first-order chi connectivity index (χ1) is 9.60. The third-order valence-corrected chi connectivity index (χ3v) is 2.73. The number of aromatic nitrogens is 1. The molecular weight excluding hydrogens is 258 g/mol. The van der Waals surface area contributed by atoms with Crippen molar-refractivity contribution in [1.82, 2.24) is 4.98 Å². The number of hydrogen-bond acceptors (Lipinski definition) is 4. The number of carboxylic acids is 1. The molecule has 2 aromatic rings. The molecule has 5 nitrogen and oxygen atoms in total. The Hall–Kier alpha value is -2.56. The fraction of sp³-hybridized carbons (Fsp3) is 0.200. The van der Waals surface area contributed by atoms with Gasteiger partial charge in [0.15, 0.2) is 11.5 Å². The number of benzene rings is 1. The van der Waals surface area contributed by atoms with Crippen LogP contribution < -0.4 is 9.47 Å². The van der Waals surface area contributed by atoms with Crippen molar-refractivity contribution in [3.05, 3.63) is 53.3 Å². The Kier molecular flexibility index (Phi) is 4.20. The maximum absolute atomic E-state index is 11.0. The second-order valence-electron chi connectivity index (χ2n) is 4.23. The number of aryl methyl sites for hydroxylation is 1. The van der Waals surface area contributed by atoms with Gasteiger partial charge >= 0.3 is 5.97 Å². The first kappa shape index (κ1) is 13.9. The fourth-order valence-electron chi connectivity index (χ4n) is 1.75. The molecule has 0 saturated carbocycles. The van der Waals surface area contributed by atoms with Crippen LogP contribution in [0.3, 0.4) is 0 Å². The summed E-state index contributed by atoms with van der Waals surface area (Å²) in [5.74, 6) is -0.135. The topological polar surface area (TPSA) is 68.7 Å². The fourth-order valence-corrected chi connectivity index (χ4v) is 1.75. The molecule has 0 fully saturated rings. The van der Waals surface area contributed by atoms with Gasteiger partial charge in [0.2, 0.25) is 0 Å². The van der Waals surface area contributed by atoms with Crippen LogP contribution in [0.15, 0.2) is 36.4 Å². The van der Waals surface area contributed by atoms with E-state index < -0.39 is 5.97 Å². The Balaban J connectivity index is 2.19. The van der Waals surface area contributed by atoms with E-state index in [0.717, 1.165) is 11.4 Å². The Labute approximate surface area is 116 Å². The first-order valence-electron chi connectivity index (χ1n) is 6.07. The van der Waals surface area contributed by atoms with Crippen molar-refractivity contribution >= 4 is 5.97 Å². The van der Waals surface area contributed by atoms with Gasteiger partial charge in [-0.3, -0.25) is 4.98 Å². The predicted octanol–water partition coefficient (Wildman–Crippen LogP) is 2.68. The smallest absolute Gasteiger partial charge is 0.335 e. The zero-order chi connectivity index (χ0) is 14.5. The number of carbonyl (C=O) groups is 1. The highest BCUT2D eigenvalue weighted by Gasteiger charge is 2.10. The van der Waals surface area contributed by atoms with E-state index in [2.05, 4.69) is 4.98 Å². The largest absolute Gasteiger partial charge is 0.493 e. The molecule has 104 valence electrons. The lowest BCUT2D eigenvalue weighted by atomic mass is 10.2. The highest BCUT2D eigenvalue weighted by atomic mass is 16.5. The lowest BCUT2D eigenvalue weighted by Gasteiger charge is -2.11. The minimum absolute atomic E-state index is 0.151. The minimum atomic E-state index is -1.01. The lowest BCUT2D eigenvalue weighted by molar-refractivity contribution is 0.0696. The Morgan fingerprint density at radius 1 is 1.25 bits per heavy atom. The average Bonchev–Trinajstić information content (AvgIpc) is 2.44. The Morgan fingerprint density at radius 3 is 2.70 bits per heavy atom. The average molecular weight is 273 g/mol. The molecule has 1 aromatic heterocycles. The third kappa shape index (κ3) is 3.26. The SMILES string of the molecule is COc1ccc(C(=O)O)cc1OCc1cccc(C)n1. The summed E-state index contributed by atoms with van der Waals surface area (Å²) in [6.45, 7) is 2.15. The highest BCUT2D eigenvalue weighted by Crippen LogP contribution is 2.28. The third-order valence-electron chi connectivity index (χ3n) is 2.73. The first-order valence-corrected chi connectivity index (χ1v) is 6.07. The summed E-state index contributed by atoms with van der Waals surface area (Å²) in [7, 11) is 1.51. The van der Waals surface area contributed by atoms with Crippen molar-refractivity contribution in [2.45, 2.75) is 13.5 Å². The number of methoxy groups -OCH3 is 1. The van der Waals surface area contributed by atoms with E-state index in [1.54, 1.807) is 6.07 Å². The van der Waals surface area contributed by atoms with Crippen LogP contribution in [0, 0.1) is 6.92 Å². The van der Waals surface area contributed by atoms with Crippen LogP contribution in [-0.2, 0) is 6.61 Å². The maximum atomic E-state index is 11.0. The van der Waals surface area contributed by atoms with Crippen LogP contribution in [0.25, 0.3) is 0 Å². The molecule has 0 aliphatic heterocycles. The Morgan fingerprint density at radius 2 is 2.05 bits per heavy atom. The maximum Gasteiger partial charge on any atom is 0.335 e. The molecule has 0 bridgehead atoms. The molecule has 0 amide bonds. The number of rotatable bonds is 5. The molecule has 20 heavy (non-hydrogen) atoms. The normalized spacial score (nSPS) is 10.1. The van der Waals surface area contributed by atoms with Gasteiger partial charge in [-0.15, -0.1) is 0 Å². The number of hydrogen-bond donors (Lipinski definition) is 1. The summed E-state index contributed by atoms with van der Waals surface area (Å²) < 4.78 is 10.8. The van der Waals surface area contributed by atoms with E-state index in [-0.39, 0.29) is 12.2 Å². The molecule has 0 aliphatic carbocycles. The van der Waals surface area contributed by atoms with Crippen LogP contribution in [0.5, 0.6) is 11.5 Å². The van der Waals surface area contributed by atoms with Crippen molar-refractivity contribution in [2.75, 3.05) is 7.11 Å². The molecule has 0 atom stereocenters. The zero-order valence-electron chi connectivity index (χ0n) is 11.3. The van der Waals surface area contributed by atoms with E-state index in [0.29, 0.717) is 11.5 Å². The van der Waals surface area contributed by atoms with Crippen LogP contribution in [0.1, 0.15) is 21.7 Å². The number of nitrogens with zero attached hydrogens (tertiary/aromatic N) is 1. The van der Waals surface area contributed by atoms with Gasteiger partial charge in [-0.25, -0.2) is 4.79 Å². The molecule has 0 radical (unpaired) electrons. The van der Waals surface area contributed by atoms with Gasteiger partial charge in [-0.05, 0) is 37.3 Å². The monoisotopic (exact) mass is 273 g/mol. The Bertz CT molecular complexity index is 625. The predicted molar refractivity (Wildman–Crippen MR) is 73.3 cm³/mol. The quantitative estimate of drug-likeness (QED) is 0.907. The van der Waals surface area contributed by atoms with Gasteiger partial charge in [-0.1, -0.05) is 6.07 Å². The highest BCUT2D eigenvalue weighted by molar-refractivity contribution is 5.88. The standard InChI is InChI=1S/C15H15NO4/c1-10-4-3-5-12(16-10)9-20-14-8-11(15(17)18)6-7-13(14)19-2/h3-8H,9H2,1-2H3,(H,17,18). The number of pyridine rings is 1. The van der Waals surface area contributed by atoms with E-state index in [1.807, 2.05) is 25.1 Å². The summed E-state index contributed by atoms with van der Waals surface area (Å²) >= 11 is 0. The second kappa shape index (κ2) is 6.06. The summed E-state index contributed by atoms with van der Waals surface area (Å²) in [4.78, 5) is 15.3. The van der Waals surface area contributed by atoms with Gasteiger partial charge in [0.05, 0.1) is 18.4 Å². The molecule has 0 spiro atoms. The van der Waals surface area contributed by atoms with Crippen molar-refractivity contribution in [3.63, 3.8) is 0 Å². The minimum Gasteiger partial charge on any atom is -0.493 e. The number of carboxylic acid groups (broad SMARTS) is 1. The number of aromatic carboxylic acids is 1. The van der Waals surface area contributed by atoms with E-state index >= 15 is 0 Å². The van der Waals surface area contributed by atoms with Crippen LogP contribution in [0.4, 0.5) is 0 Å². The van der Waals surface area contributed by atoms with Gasteiger partial charge in [0, 0.05) is 5.69 Å². The molecule has 0 saturated heterocycles. The van der Waals surface area contributed by atoms with Crippen molar-refractivity contribution < 1.29 is 19.4 Å². The molecule has 0 aliphatic rings. The lowest BCUT2D eigenvalue weighted by Crippen LogP contribution is -2.03. The van der Waals surface area contributed by atoms with Gasteiger partial charge < -0.3 is 14.6 Å². The van der Waals surface area contributed by atoms with Crippen molar-refractivity contribution in [3.8, 4) is 11.5 Å². The van der Waals surface area contributed by atoms with Crippen molar-refractivity contribution in [2.24, 2.45) is 0 Å². The van der Waals surface area contributed by atoms with E-state index in [9.17, 15) is 4.79 Å². The van der Waals surface area contributed by atoms with Crippen LogP contribution in [-0.4, -0.2) is 23.2 Å². The van der Waals surface area contributed by atoms with Gasteiger partial charge in [-0.2, -0.15) is 0 Å². The van der Waals surface area contributed by atoms with Crippen molar-refractivity contribution in [1.29, 1.82) is 0 Å². The molecule has 1 N–H and O–H groups in total. The van der Waals surface area contributed by atoms with Gasteiger partial charge in [0.1, 0.15) is 6.61 Å². The molecule has 0 unspecified atom stereocenters. The second-order valence-corrected chi connectivity index (χ2v) is 4.23. The molecule has 1 aromatic carbocycles. The summed E-state index contributed by atoms with van der Waals surface area (Å²) in [6.07, 6.45) is 0.